The summed E-state index contributed by atoms with van der Waals surface area (Å²) in [4.78, 5) is 23.3. The molecule has 0 bridgehead atoms. The summed E-state index contributed by atoms with van der Waals surface area (Å²) in [5.41, 5.74) is 3.83. The molecule has 1 aliphatic carbocycles. The molecule has 1 heterocycles. The number of hydrogen-bond acceptors (Lipinski definition) is 4. The molecule has 4 rings (SSSR count). The smallest absolute Gasteiger partial charge is 0.335 e. The Labute approximate surface area is 156 Å². The zero-order valence-electron chi connectivity index (χ0n) is 14.6. The average molecular weight is 361 g/mol. The predicted molar refractivity (Wildman–Crippen MR) is 102 cm³/mol. The summed E-state index contributed by atoms with van der Waals surface area (Å²) in [7, 11) is 0. The maximum Gasteiger partial charge on any atom is 0.335 e. The quantitative estimate of drug-likeness (QED) is 0.554. The van der Waals surface area contributed by atoms with Crippen LogP contribution in [-0.4, -0.2) is 33.6 Å². The Morgan fingerprint density at radius 2 is 1.59 bits per heavy atom. The number of carbonyl (C=O) groups excluding carboxylic acids is 1. The van der Waals surface area contributed by atoms with E-state index >= 15 is 0 Å². The first-order valence-corrected chi connectivity index (χ1v) is 8.86. The number of hydrogen-bond donors (Lipinski definition) is 3. The number of nitrogens with zero attached hydrogens (tertiary/aromatic N) is 1. The first-order valence-electron chi connectivity index (χ1n) is 8.86. The Kier molecular flexibility index (Phi) is 4.46. The van der Waals surface area contributed by atoms with Gasteiger partial charge in [0.2, 0.25) is 0 Å². The van der Waals surface area contributed by atoms with Crippen LogP contribution in [0.25, 0.3) is 11.1 Å². The number of carboxylic acids is 1. The van der Waals surface area contributed by atoms with Crippen LogP contribution in [-0.2, 0) is 0 Å². The summed E-state index contributed by atoms with van der Waals surface area (Å²) < 4.78 is 0. The molecule has 1 saturated carbocycles. The molecule has 0 atom stereocenters. The van der Waals surface area contributed by atoms with Gasteiger partial charge in [-0.1, -0.05) is 36.4 Å². The molecule has 0 unspecified atom stereocenters. The van der Waals surface area contributed by atoms with Gasteiger partial charge in [0.05, 0.1) is 12.1 Å². The Hall–Kier alpha value is -3.41. The summed E-state index contributed by atoms with van der Waals surface area (Å²) in [6, 6.07) is 15.9. The molecule has 3 aromatic rings. The number of benzene rings is 2. The van der Waals surface area contributed by atoms with Crippen molar-refractivity contribution in [2.75, 3.05) is 11.9 Å². The molecule has 2 aromatic carbocycles. The van der Waals surface area contributed by atoms with E-state index in [4.69, 9.17) is 5.11 Å². The van der Waals surface area contributed by atoms with Gasteiger partial charge in [0.15, 0.2) is 5.78 Å². The first kappa shape index (κ1) is 17.0. The van der Waals surface area contributed by atoms with Gasteiger partial charge in [-0.25, -0.2) is 4.79 Å². The first-order chi connectivity index (χ1) is 13.1. The van der Waals surface area contributed by atoms with E-state index in [1.807, 2.05) is 18.2 Å². The van der Waals surface area contributed by atoms with Crippen LogP contribution >= 0.6 is 0 Å². The average Bonchev–Trinajstić information content (AvgIpc) is 3.44. The monoisotopic (exact) mass is 361 g/mol. The molecule has 0 spiro atoms. The predicted octanol–water partition coefficient (Wildman–Crippen LogP) is 3.95. The van der Waals surface area contributed by atoms with Gasteiger partial charge in [0, 0.05) is 23.2 Å². The summed E-state index contributed by atoms with van der Waals surface area (Å²) in [6.07, 6.45) is 2.40. The molecule has 1 aromatic heterocycles. The molecule has 27 heavy (non-hydrogen) atoms. The van der Waals surface area contributed by atoms with E-state index in [0.29, 0.717) is 17.3 Å². The zero-order valence-corrected chi connectivity index (χ0v) is 14.6. The van der Waals surface area contributed by atoms with Crippen LogP contribution in [0.5, 0.6) is 0 Å². The number of H-pyrrole nitrogens is 1. The van der Waals surface area contributed by atoms with Gasteiger partial charge in [-0.15, -0.1) is 0 Å². The van der Waals surface area contributed by atoms with Crippen LogP contribution in [0.1, 0.15) is 45.2 Å². The van der Waals surface area contributed by atoms with Gasteiger partial charge in [-0.05, 0) is 36.1 Å². The number of aromatic carboxylic acids is 1. The third-order valence-electron chi connectivity index (χ3n) is 4.72. The van der Waals surface area contributed by atoms with Gasteiger partial charge < -0.3 is 10.4 Å². The number of Topliss-reactive ketones (excluding diaryl/α,β-unsaturated/α-hetero) is 1. The summed E-state index contributed by atoms with van der Waals surface area (Å²) in [5, 5.41) is 19.2. The minimum Gasteiger partial charge on any atom is -0.478 e. The molecule has 0 aliphatic heterocycles. The van der Waals surface area contributed by atoms with Gasteiger partial charge in [0.1, 0.15) is 5.82 Å². The largest absolute Gasteiger partial charge is 0.478 e. The minimum absolute atomic E-state index is 0.0150. The van der Waals surface area contributed by atoms with Crippen LogP contribution in [0.15, 0.2) is 54.6 Å². The second kappa shape index (κ2) is 7.07. The maximum absolute atomic E-state index is 12.4. The Bertz CT molecular complexity index is 971. The van der Waals surface area contributed by atoms with Crippen LogP contribution < -0.4 is 5.32 Å². The third-order valence-corrected chi connectivity index (χ3v) is 4.72. The molecular formula is C21H19N3O3. The van der Waals surface area contributed by atoms with E-state index in [9.17, 15) is 9.59 Å². The lowest BCUT2D eigenvalue weighted by molar-refractivity contribution is 0.0696. The fourth-order valence-corrected chi connectivity index (χ4v) is 2.96. The highest BCUT2D eigenvalue weighted by atomic mass is 16.4. The highest BCUT2D eigenvalue weighted by Gasteiger charge is 2.25. The van der Waals surface area contributed by atoms with Crippen LogP contribution in [0.4, 0.5) is 5.82 Å². The van der Waals surface area contributed by atoms with Crippen molar-refractivity contribution >= 4 is 17.6 Å². The summed E-state index contributed by atoms with van der Waals surface area (Å²) in [6.45, 7) is 0.182. The lowest BCUT2D eigenvalue weighted by Gasteiger charge is -2.05. The second-order valence-electron chi connectivity index (χ2n) is 6.72. The van der Waals surface area contributed by atoms with E-state index in [1.54, 1.807) is 36.4 Å². The molecule has 6 nitrogen and oxygen atoms in total. The van der Waals surface area contributed by atoms with E-state index in [1.165, 1.54) is 12.8 Å². The standard InChI is InChI=1S/C21H19N3O3/c25-19(12-22-20-11-18(23-24-20)15-5-6-15)16-7-1-13(2-8-16)14-3-9-17(10-4-14)21(26)27/h1-4,7-11,15H,5-6,12H2,(H,26,27)(H2,22,23,24). The van der Waals surface area contributed by atoms with Crippen molar-refractivity contribution in [2.45, 2.75) is 18.8 Å². The number of rotatable bonds is 7. The Balaban J connectivity index is 1.38. The second-order valence-corrected chi connectivity index (χ2v) is 6.72. The number of anilines is 1. The minimum atomic E-state index is -0.948. The van der Waals surface area contributed by atoms with Gasteiger partial charge in [0.25, 0.3) is 0 Å². The van der Waals surface area contributed by atoms with Crippen molar-refractivity contribution in [3.05, 3.63) is 71.4 Å². The molecule has 3 N–H and O–H groups in total. The Morgan fingerprint density at radius 1 is 1.00 bits per heavy atom. The lowest BCUT2D eigenvalue weighted by Crippen LogP contribution is -2.14. The molecule has 136 valence electrons. The number of aromatic nitrogens is 2. The molecule has 0 saturated heterocycles. The number of aromatic amines is 1. The number of ketones is 1. The van der Waals surface area contributed by atoms with Gasteiger partial charge >= 0.3 is 5.97 Å². The van der Waals surface area contributed by atoms with Crippen LogP contribution in [0, 0.1) is 0 Å². The van der Waals surface area contributed by atoms with E-state index in [-0.39, 0.29) is 17.9 Å². The van der Waals surface area contributed by atoms with Crippen LogP contribution in [0.3, 0.4) is 0 Å². The Morgan fingerprint density at radius 3 is 2.15 bits per heavy atom. The zero-order chi connectivity index (χ0) is 18.8. The van der Waals surface area contributed by atoms with Crippen molar-refractivity contribution < 1.29 is 14.7 Å². The fourth-order valence-electron chi connectivity index (χ4n) is 2.96. The van der Waals surface area contributed by atoms with Crippen molar-refractivity contribution in [1.82, 2.24) is 10.2 Å². The summed E-state index contributed by atoms with van der Waals surface area (Å²) in [5.74, 6) is 0.330. The molecule has 6 heteroatoms. The van der Waals surface area contributed by atoms with Gasteiger partial charge in [-0.3, -0.25) is 9.89 Å². The molecule has 0 amide bonds. The number of carbonyl (C=O) groups is 2. The van der Waals surface area contributed by atoms with Crippen molar-refractivity contribution in [2.24, 2.45) is 0 Å². The van der Waals surface area contributed by atoms with Gasteiger partial charge in [-0.2, -0.15) is 5.10 Å². The fraction of sp³-hybridized carbons (Fsp3) is 0.190. The van der Waals surface area contributed by atoms with Crippen molar-refractivity contribution in [3.63, 3.8) is 0 Å². The van der Waals surface area contributed by atoms with Crippen molar-refractivity contribution in [1.29, 1.82) is 0 Å². The number of carboxylic acid groups (broad SMARTS) is 1. The van der Waals surface area contributed by atoms with E-state index < -0.39 is 5.97 Å². The third kappa shape index (κ3) is 3.89. The maximum atomic E-state index is 12.4. The normalized spacial score (nSPS) is 13.3. The SMILES string of the molecule is O=C(O)c1ccc(-c2ccc(C(=O)CNc3cc(C4CC4)[nH]n3)cc2)cc1. The van der Waals surface area contributed by atoms with Crippen LogP contribution in [0.2, 0.25) is 0 Å². The number of nitrogens with one attached hydrogen (secondary N) is 2. The highest BCUT2D eigenvalue weighted by Crippen LogP contribution is 2.39. The topological polar surface area (TPSA) is 95.1 Å². The molecule has 1 fully saturated rings. The van der Waals surface area contributed by atoms with Crippen molar-refractivity contribution in [3.8, 4) is 11.1 Å². The summed E-state index contributed by atoms with van der Waals surface area (Å²) >= 11 is 0. The van der Waals surface area contributed by atoms with E-state index in [0.717, 1.165) is 16.8 Å². The lowest BCUT2D eigenvalue weighted by atomic mass is 10.0. The highest BCUT2D eigenvalue weighted by molar-refractivity contribution is 5.99. The molecule has 0 radical (unpaired) electrons. The molecular weight excluding hydrogens is 342 g/mol. The van der Waals surface area contributed by atoms with E-state index in [2.05, 4.69) is 15.5 Å². The molecule has 1 aliphatic rings.